The molecule has 9 heteroatoms. The van der Waals surface area contributed by atoms with Gasteiger partial charge < -0.3 is 14.0 Å². The van der Waals surface area contributed by atoms with Crippen LogP contribution in [0.25, 0.3) is 39.0 Å². The molecule has 0 atom stereocenters. The second-order valence-corrected chi connectivity index (χ2v) is 8.48. The van der Waals surface area contributed by atoms with Crippen molar-refractivity contribution in [3.63, 3.8) is 0 Å². The summed E-state index contributed by atoms with van der Waals surface area (Å²) < 4.78 is 18.4. The lowest BCUT2D eigenvalue weighted by molar-refractivity contribution is 0.388. The molecule has 0 aliphatic heterocycles. The largest absolute Gasteiger partial charge is 0.497 e. The summed E-state index contributed by atoms with van der Waals surface area (Å²) in [7, 11) is 3.21. The number of fused-ring (bicyclic) bond motifs is 5. The second-order valence-electron chi connectivity index (χ2n) is 7.54. The summed E-state index contributed by atoms with van der Waals surface area (Å²) >= 11 is 1.53. The first-order chi connectivity index (χ1) is 16.7. The molecule has 0 amide bonds. The molecule has 3 aromatic carbocycles. The van der Waals surface area contributed by atoms with Gasteiger partial charge in [-0.1, -0.05) is 41.2 Å². The van der Waals surface area contributed by atoms with E-state index in [0.29, 0.717) is 29.0 Å². The summed E-state index contributed by atoms with van der Waals surface area (Å²) in [6, 6.07) is 21.6. The maximum Gasteiger partial charge on any atom is 0.237 e. The third-order valence-corrected chi connectivity index (χ3v) is 6.48. The number of hydrogen-bond acceptors (Lipinski definition) is 8. The molecule has 34 heavy (non-hydrogen) atoms. The number of aromatic nitrogens is 5. The third-order valence-electron chi connectivity index (χ3n) is 5.56. The second kappa shape index (κ2) is 8.35. The Hall–Kier alpha value is -4.11. The van der Waals surface area contributed by atoms with Gasteiger partial charge in [0, 0.05) is 11.5 Å². The average Bonchev–Trinajstić information content (AvgIpc) is 3.52. The molecule has 0 spiro atoms. The predicted octanol–water partition coefficient (Wildman–Crippen LogP) is 5.40. The van der Waals surface area contributed by atoms with E-state index in [1.165, 1.54) is 11.8 Å². The minimum atomic E-state index is 0.457. The Morgan fingerprint density at radius 3 is 2.56 bits per heavy atom. The molecule has 0 radical (unpaired) electrons. The molecule has 3 heterocycles. The number of nitrogens with zero attached hydrogens (tertiary/aromatic N) is 5. The summed E-state index contributed by atoms with van der Waals surface area (Å²) in [6.07, 6.45) is 0. The number of hydrogen-bond donors (Lipinski definition) is 0. The Bertz CT molecular complexity index is 1660. The summed E-state index contributed by atoms with van der Waals surface area (Å²) in [5.74, 6) is 2.71. The molecule has 0 saturated heterocycles. The van der Waals surface area contributed by atoms with Crippen molar-refractivity contribution in [1.82, 2.24) is 24.5 Å². The highest BCUT2D eigenvalue weighted by atomic mass is 32.2. The van der Waals surface area contributed by atoms with Crippen LogP contribution in [0.15, 0.2) is 76.4 Å². The molecule has 0 bridgehead atoms. The maximum atomic E-state index is 5.54. The summed E-state index contributed by atoms with van der Waals surface area (Å²) in [4.78, 5) is 14.4. The SMILES string of the molecule is COc1ccc(-c2noc(CSc3nc4ccccc4c4nc5ccccc5n34)n2)c(OC)c1. The fourth-order valence-corrected chi connectivity index (χ4v) is 4.79. The number of rotatable bonds is 6. The molecule has 8 nitrogen and oxygen atoms in total. The molecule has 3 aromatic heterocycles. The van der Waals surface area contributed by atoms with Crippen molar-refractivity contribution in [3.8, 4) is 22.9 Å². The first-order valence-corrected chi connectivity index (χ1v) is 11.6. The van der Waals surface area contributed by atoms with E-state index >= 15 is 0 Å². The van der Waals surface area contributed by atoms with Crippen molar-refractivity contribution in [2.24, 2.45) is 0 Å². The van der Waals surface area contributed by atoms with Crippen molar-refractivity contribution in [1.29, 1.82) is 0 Å². The molecule has 6 aromatic rings. The van der Waals surface area contributed by atoms with E-state index in [0.717, 1.165) is 38.3 Å². The van der Waals surface area contributed by atoms with Gasteiger partial charge in [0.05, 0.1) is 42.1 Å². The summed E-state index contributed by atoms with van der Waals surface area (Å²) in [5.41, 5.74) is 4.43. The average molecular weight is 470 g/mol. The molecule has 6 rings (SSSR count). The van der Waals surface area contributed by atoms with Crippen LogP contribution in [0.1, 0.15) is 5.89 Å². The Labute approximate surface area is 198 Å². The van der Waals surface area contributed by atoms with Gasteiger partial charge in [-0.25, -0.2) is 9.97 Å². The smallest absolute Gasteiger partial charge is 0.237 e. The number of ether oxygens (including phenoxy) is 2. The Morgan fingerprint density at radius 2 is 1.71 bits per heavy atom. The minimum Gasteiger partial charge on any atom is -0.497 e. The Morgan fingerprint density at radius 1 is 0.882 bits per heavy atom. The molecular weight excluding hydrogens is 450 g/mol. The highest BCUT2D eigenvalue weighted by Gasteiger charge is 2.17. The number of benzene rings is 3. The fourth-order valence-electron chi connectivity index (χ4n) is 3.94. The van der Waals surface area contributed by atoms with Gasteiger partial charge in [0.1, 0.15) is 17.1 Å². The van der Waals surface area contributed by atoms with Gasteiger partial charge in [-0.05, 0) is 36.4 Å². The van der Waals surface area contributed by atoms with Crippen LogP contribution in [0.5, 0.6) is 11.5 Å². The lowest BCUT2D eigenvalue weighted by Gasteiger charge is -2.07. The van der Waals surface area contributed by atoms with Gasteiger partial charge in [0.25, 0.3) is 0 Å². The monoisotopic (exact) mass is 469 g/mol. The van der Waals surface area contributed by atoms with Crippen LogP contribution in [0, 0.1) is 0 Å². The lowest BCUT2D eigenvalue weighted by Crippen LogP contribution is -1.97. The molecule has 0 fully saturated rings. The topological polar surface area (TPSA) is 87.6 Å². The maximum absolute atomic E-state index is 5.54. The van der Waals surface area contributed by atoms with Crippen molar-refractivity contribution in [2.75, 3.05) is 14.2 Å². The van der Waals surface area contributed by atoms with E-state index in [1.807, 2.05) is 54.6 Å². The van der Waals surface area contributed by atoms with E-state index in [9.17, 15) is 0 Å². The zero-order valence-corrected chi connectivity index (χ0v) is 19.2. The molecule has 168 valence electrons. The number of para-hydroxylation sites is 3. The van der Waals surface area contributed by atoms with Crippen molar-refractivity contribution < 1.29 is 14.0 Å². The van der Waals surface area contributed by atoms with E-state index in [4.69, 9.17) is 24.0 Å². The normalized spacial score (nSPS) is 11.5. The van der Waals surface area contributed by atoms with Crippen molar-refractivity contribution in [3.05, 3.63) is 72.6 Å². The van der Waals surface area contributed by atoms with Crippen LogP contribution in [-0.4, -0.2) is 38.7 Å². The van der Waals surface area contributed by atoms with Crippen molar-refractivity contribution in [2.45, 2.75) is 10.9 Å². The van der Waals surface area contributed by atoms with Gasteiger partial charge >= 0.3 is 0 Å². The van der Waals surface area contributed by atoms with Crippen molar-refractivity contribution >= 4 is 39.3 Å². The van der Waals surface area contributed by atoms with Gasteiger partial charge in [-0.2, -0.15) is 4.98 Å². The van der Waals surface area contributed by atoms with Crippen LogP contribution in [0.2, 0.25) is 0 Å². The quantitative estimate of drug-likeness (QED) is 0.237. The number of thioether (sulfide) groups is 1. The van der Waals surface area contributed by atoms with E-state index in [2.05, 4.69) is 20.6 Å². The van der Waals surface area contributed by atoms with Gasteiger partial charge in [-0.3, -0.25) is 4.40 Å². The predicted molar refractivity (Wildman–Crippen MR) is 130 cm³/mol. The molecule has 0 saturated carbocycles. The van der Waals surface area contributed by atoms with Crippen LogP contribution >= 0.6 is 11.8 Å². The standard InChI is InChI=1S/C25H19N5O3S/c1-31-15-11-12-17(21(13-15)32-2)23-28-22(33-29-23)14-34-25-27-18-8-4-3-7-16(18)24-26-19-9-5-6-10-20(19)30(24)25/h3-13H,14H2,1-2H3. The van der Waals surface area contributed by atoms with Crippen LogP contribution in [0.4, 0.5) is 0 Å². The van der Waals surface area contributed by atoms with E-state index < -0.39 is 0 Å². The van der Waals surface area contributed by atoms with E-state index in [-0.39, 0.29) is 0 Å². The van der Waals surface area contributed by atoms with E-state index in [1.54, 1.807) is 20.3 Å². The van der Waals surface area contributed by atoms with Crippen LogP contribution < -0.4 is 9.47 Å². The molecule has 0 N–H and O–H groups in total. The zero-order chi connectivity index (χ0) is 23.1. The van der Waals surface area contributed by atoms with Gasteiger partial charge in [0.15, 0.2) is 5.16 Å². The fraction of sp³-hybridized carbons (Fsp3) is 0.120. The van der Waals surface area contributed by atoms with Gasteiger partial charge in [0.2, 0.25) is 11.7 Å². The van der Waals surface area contributed by atoms with Crippen LogP contribution in [-0.2, 0) is 5.75 Å². The number of methoxy groups -OCH3 is 2. The molecule has 0 aliphatic carbocycles. The lowest BCUT2D eigenvalue weighted by atomic mass is 10.2. The van der Waals surface area contributed by atoms with Gasteiger partial charge in [-0.15, -0.1) is 0 Å². The zero-order valence-electron chi connectivity index (χ0n) is 18.4. The molecular formula is C25H19N5O3S. The summed E-state index contributed by atoms with van der Waals surface area (Å²) in [6.45, 7) is 0. The summed E-state index contributed by atoms with van der Waals surface area (Å²) in [5, 5.41) is 5.97. The highest BCUT2D eigenvalue weighted by Crippen LogP contribution is 2.33. The first kappa shape index (κ1) is 20.5. The molecule has 0 unspecified atom stereocenters. The Kier molecular flexibility index (Phi) is 5.03. The third kappa shape index (κ3) is 3.41. The highest BCUT2D eigenvalue weighted by molar-refractivity contribution is 7.98. The first-order valence-electron chi connectivity index (χ1n) is 10.6. The number of imidazole rings is 1. The Balaban J connectivity index is 1.37. The molecule has 0 aliphatic rings. The minimum absolute atomic E-state index is 0.457. The van der Waals surface area contributed by atoms with Crippen LogP contribution in [0.3, 0.4) is 0 Å².